The van der Waals surface area contributed by atoms with E-state index in [1.807, 2.05) is 24.0 Å². The number of hydrogen-bond donors (Lipinski definition) is 1. The summed E-state index contributed by atoms with van der Waals surface area (Å²) in [6, 6.07) is 9.23. The van der Waals surface area contributed by atoms with Crippen LogP contribution < -0.4 is 15.1 Å². The van der Waals surface area contributed by atoms with E-state index >= 15 is 0 Å². The summed E-state index contributed by atoms with van der Waals surface area (Å²) in [4.78, 5) is 28.2. The smallest absolute Gasteiger partial charge is 0.322 e. The number of carbonyl (C=O) groups is 1. The van der Waals surface area contributed by atoms with E-state index in [2.05, 4.69) is 31.2 Å². The van der Waals surface area contributed by atoms with Crippen LogP contribution in [0, 0.1) is 6.92 Å². The summed E-state index contributed by atoms with van der Waals surface area (Å²) in [5.41, 5.74) is 0.637. The molecule has 8 heteroatoms. The topological polar surface area (TPSA) is 64.6 Å². The van der Waals surface area contributed by atoms with Gasteiger partial charge in [0.15, 0.2) is 0 Å². The molecule has 2 saturated heterocycles. The van der Waals surface area contributed by atoms with Crippen molar-refractivity contribution in [3.8, 4) is 0 Å². The lowest BCUT2D eigenvalue weighted by Crippen LogP contribution is -2.50. The fourth-order valence-corrected chi connectivity index (χ4v) is 3.89. The molecule has 148 valence electrons. The Bertz CT molecular complexity index is 846. The van der Waals surface area contributed by atoms with E-state index in [1.165, 1.54) is 12.8 Å². The lowest BCUT2D eigenvalue weighted by atomic mass is 10.3. The van der Waals surface area contributed by atoms with Crippen LogP contribution in [0.25, 0.3) is 0 Å². The monoisotopic (exact) mass is 400 g/mol. The van der Waals surface area contributed by atoms with Crippen molar-refractivity contribution in [2.45, 2.75) is 19.8 Å². The van der Waals surface area contributed by atoms with E-state index in [9.17, 15) is 4.79 Å². The molecule has 0 spiro atoms. The number of rotatable bonds is 3. The quantitative estimate of drug-likeness (QED) is 0.855. The first kappa shape index (κ1) is 18.8. The minimum Gasteiger partial charge on any atom is -0.356 e. The average Bonchev–Trinajstić information content (AvgIpc) is 3.24. The second-order valence-corrected chi connectivity index (χ2v) is 7.62. The lowest BCUT2D eigenvalue weighted by Gasteiger charge is -2.35. The highest BCUT2D eigenvalue weighted by Gasteiger charge is 2.24. The summed E-state index contributed by atoms with van der Waals surface area (Å²) < 4.78 is 0. The predicted molar refractivity (Wildman–Crippen MR) is 112 cm³/mol. The number of nitrogens with zero attached hydrogens (tertiary/aromatic N) is 5. The molecule has 1 N–H and O–H groups in total. The second-order valence-electron chi connectivity index (χ2n) is 7.21. The molecule has 2 amide bonds. The zero-order valence-electron chi connectivity index (χ0n) is 16.1. The molecule has 0 atom stereocenters. The number of piperazine rings is 1. The first-order valence-electron chi connectivity index (χ1n) is 9.76. The number of hydrogen-bond acceptors (Lipinski definition) is 5. The molecule has 2 aliphatic heterocycles. The van der Waals surface area contributed by atoms with Gasteiger partial charge < -0.3 is 20.0 Å². The van der Waals surface area contributed by atoms with Crippen LogP contribution in [0.3, 0.4) is 0 Å². The van der Waals surface area contributed by atoms with E-state index in [4.69, 9.17) is 11.6 Å². The van der Waals surface area contributed by atoms with Crippen molar-refractivity contribution in [2.24, 2.45) is 0 Å². The van der Waals surface area contributed by atoms with Crippen molar-refractivity contribution >= 4 is 35.0 Å². The Morgan fingerprint density at radius 2 is 1.57 bits per heavy atom. The summed E-state index contributed by atoms with van der Waals surface area (Å²) in [5.74, 6) is 2.75. The third kappa shape index (κ3) is 4.14. The normalized spacial score (nSPS) is 17.1. The van der Waals surface area contributed by atoms with E-state index in [0.29, 0.717) is 23.8 Å². The molecular weight excluding hydrogens is 376 g/mol. The average molecular weight is 401 g/mol. The van der Waals surface area contributed by atoms with Gasteiger partial charge in [-0.1, -0.05) is 23.7 Å². The molecule has 3 heterocycles. The number of benzene rings is 1. The third-order valence-corrected chi connectivity index (χ3v) is 5.58. The van der Waals surface area contributed by atoms with Crippen LogP contribution in [-0.2, 0) is 0 Å². The molecule has 2 aliphatic rings. The van der Waals surface area contributed by atoms with Crippen molar-refractivity contribution < 1.29 is 4.79 Å². The standard InChI is InChI=1S/C20H25ClN6O/c1-15-22-18(25-8-4-5-9-25)14-19(23-15)26-10-12-27(13-11-26)20(28)24-17-7-3-2-6-16(17)21/h2-3,6-7,14H,4-5,8-13H2,1H3,(H,24,28). The molecule has 0 unspecified atom stereocenters. The van der Waals surface area contributed by atoms with Gasteiger partial charge in [-0.15, -0.1) is 0 Å². The van der Waals surface area contributed by atoms with Crippen LogP contribution in [-0.4, -0.2) is 60.2 Å². The highest BCUT2D eigenvalue weighted by atomic mass is 35.5. The van der Waals surface area contributed by atoms with Crippen molar-refractivity contribution in [1.29, 1.82) is 0 Å². The Hall–Kier alpha value is -2.54. The number of anilines is 3. The van der Waals surface area contributed by atoms with Gasteiger partial charge in [-0.3, -0.25) is 0 Å². The van der Waals surface area contributed by atoms with Crippen molar-refractivity contribution in [3.63, 3.8) is 0 Å². The van der Waals surface area contributed by atoms with Crippen molar-refractivity contribution in [3.05, 3.63) is 41.2 Å². The van der Waals surface area contributed by atoms with E-state index in [-0.39, 0.29) is 6.03 Å². The molecule has 7 nitrogen and oxygen atoms in total. The molecule has 0 aliphatic carbocycles. The van der Waals surface area contributed by atoms with Gasteiger partial charge in [0.1, 0.15) is 17.5 Å². The van der Waals surface area contributed by atoms with Crippen LogP contribution in [0.15, 0.2) is 30.3 Å². The number of para-hydroxylation sites is 1. The van der Waals surface area contributed by atoms with Gasteiger partial charge in [0.2, 0.25) is 0 Å². The van der Waals surface area contributed by atoms with Gasteiger partial charge in [-0.25, -0.2) is 14.8 Å². The maximum absolute atomic E-state index is 12.6. The van der Waals surface area contributed by atoms with Gasteiger partial charge in [0.25, 0.3) is 0 Å². The molecule has 0 bridgehead atoms. The molecule has 0 radical (unpaired) electrons. The number of nitrogens with one attached hydrogen (secondary N) is 1. The van der Waals surface area contributed by atoms with Crippen LogP contribution >= 0.6 is 11.6 Å². The molecule has 2 fully saturated rings. The Kier molecular flexibility index (Phi) is 5.52. The number of amides is 2. The molecule has 1 aromatic heterocycles. The summed E-state index contributed by atoms with van der Waals surface area (Å²) in [7, 11) is 0. The Labute approximate surface area is 170 Å². The van der Waals surface area contributed by atoms with E-state index in [1.54, 1.807) is 12.1 Å². The van der Waals surface area contributed by atoms with E-state index in [0.717, 1.165) is 43.6 Å². The first-order chi connectivity index (χ1) is 13.6. The molecule has 1 aromatic carbocycles. The number of urea groups is 1. The Morgan fingerprint density at radius 3 is 2.21 bits per heavy atom. The zero-order valence-corrected chi connectivity index (χ0v) is 16.8. The van der Waals surface area contributed by atoms with Gasteiger partial charge in [-0.2, -0.15) is 0 Å². The third-order valence-electron chi connectivity index (χ3n) is 5.25. The minimum atomic E-state index is -0.121. The largest absolute Gasteiger partial charge is 0.356 e. The molecular formula is C20H25ClN6O. The summed E-state index contributed by atoms with van der Waals surface area (Å²) in [5, 5.41) is 3.44. The Morgan fingerprint density at radius 1 is 0.964 bits per heavy atom. The van der Waals surface area contributed by atoms with Crippen LogP contribution in [0.2, 0.25) is 5.02 Å². The molecule has 2 aromatic rings. The number of halogens is 1. The van der Waals surface area contributed by atoms with Crippen LogP contribution in [0.4, 0.5) is 22.1 Å². The summed E-state index contributed by atoms with van der Waals surface area (Å²) >= 11 is 6.13. The number of aryl methyl sites for hydroxylation is 1. The number of carbonyl (C=O) groups excluding carboxylic acids is 1. The minimum absolute atomic E-state index is 0.121. The van der Waals surface area contributed by atoms with Crippen molar-refractivity contribution in [1.82, 2.24) is 14.9 Å². The maximum Gasteiger partial charge on any atom is 0.322 e. The van der Waals surface area contributed by atoms with Crippen molar-refractivity contribution in [2.75, 3.05) is 54.4 Å². The number of aromatic nitrogens is 2. The maximum atomic E-state index is 12.6. The summed E-state index contributed by atoms with van der Waals surface area (Å²) in [6.07, 6.45) is 2.44. The fourth-order valence-electron chi connectivity index (χ4n) is 3.70. The van der Waals surface area contributed by atoms with Crippen LogP contribution in [0.1, 0.15) is 18.7 Å². The molecule has 0 saturated carbocycles. The Balaban J connectivity index is 1.39. The fraction of sp³-hybridized carbons (Fsp3) is 0.450. The van der Waals surface area contributed by atoms with Crippen LogP contribution in [0.5, 0.6) is 0 Å². The predicted octanol–water partition coefficient (Wildman–Crippen LogP) is 3.39. The highest BCUT2D eigenvalue weighted by Crippen LogP contribution is 2.24. The van der Waals surface area contributed by atoms with Gasteiger partial charge >= 0.3 is 6.03 Å². The lowest BCUT2D eigenvalue weighted by molar-refractivity contribution is 0.208. The first-order valence-corrected chi connectivity index (χ1v) is 10.1. The second kappa shape index (κ2) is 8.22. The summed E-state index contributed by atoms with van der Waals surface area (Å²) in [6.45, 7) is 6.82. The molecule has 28 heavy (non-hydrogen) atoms. The van der Waals surface area contributed by atoms with Gasteiger partial charge in [-0.05, 0) is 31.9 Å². The SMILES string of the molecule is Cc1nc(N2CCCC2)cc(N2CCN(C(=O)Nc3ccccc3Cl)CC2)n1. The zero-order chi connectivity index (χ0) is 19.5. The molecule has 4 rings (SSSR count). The highest BCUT2D eigenvalue weighted by molar-refractivity contribution is 6.33. The van der Waals surface area contributed by atoms with Gasteiger partial charge in [0.05, 0.1) is 10.7 Å². The van der Waals surface area contributed by atoms with Gasteiger partial charge in [0, 0.05) is 45.3 Å². The van der Waals surface area contributed by atoms with E-state index < -0.39 is 0 Å².